The zero-order valence-electron chi connectivity index (χ0n) is 24.0. The molecule has 5 rings (SSSR count). The minimum atomic E-state index is -0.0342. The number of piperidine rings is 1. The molecule has 6 unspecified atom stereocenters. The standard InChI is InChI=1S/C32H56N2O2/c1-23(8-13-30(35)36-4)27-11-12-28-26-10-9-24-22-25(33-18-21-34-19-6-5-7-20-34)14-16-31(24,2)29(26)15-17-32(27,28)3/h23-29,33H,5-22H2,1-4H3/t23-,24+,25-,26?,27?,28?,29?,31?,32?/m1/s1. The average molecular weight is 501 g/mol. The number of nitrogens with one attached hydrogen (secondary N) is 1. The Morgan fingerprint density at radius 1 is 0.972 bits per heavy atom. The summed E-state index contributed by atoms with van der Waals surface area (Å²) in [5.41, 5.74) is 1.07. The molecule has 5 fully saturated rings. The first-order chi connectivity index (χ1) is 17.3. The molecule has 0 aromatic heterocycles. The molecular weight excluding hydrogens is 444 g/mol. The lowest BCUT2D eigenvalue weighted by atomic mass is 9.44. The minimum absolute atomic E-state index is 0.0342. The molecule has 0 amide bonds. The lowest BCUT2D eigenvalue weighted by Gasteiger charge is -2.61. The van der Waals surface area contributed by atoms with Gasteiger partial charge in [0, 0.05) is 25.6 Å². The van der Waals surface area contributed by atoms with Gasteiger partial charge in [-0.15, -0.1) is 0 Å². The van der Waals surface area contributed by atoms with Crippen molar-refractivity contribution in [1.82, 2.24) is 10.2 Å². The van der Waals surface area contributed by atoms with Gasteiger partial charge in [-0.25, -0.2) is 0 Å². The minimum Gasteiger partial charge on any atom is -0.469 e. The van der Waals surface area contributed by atoms with Crippen molar-refractivity contribution in [2.75, 3.05) is 33.3 Å². The SMILES string of the molecule is COC(=O)CC[C@@H](C)C1CCC2C3CC[C@H]4C[C@H](NCCN5CCCCC5)CCC4(C)C3CCC21C. The van der Waals surface area contributed by atoms with Gasteiger partial charge in [0.05, 0.1) is 7.11 Å². The van der Waals surface area contributed by atoms with Crippen LogP contribution >= 0.6 is 0 Å². The van der Waals surface area contributed by atoms with Gasteiger partial charge < -0.3 is 15.0 Å². The van der Waals surface area contributed by atoms with Gasteiger partial charge in [0.1, 0.15) is 0 Å². The van der Waals surface area contributed by atoms with Gasteiger partial charge in [-0.3, -0.25) is 4.79 Å². The number of methoxy groups -OCH3 is 1. The van der Waals surface area contributed by atoms with E-state index in [1.165, 1.54) is 110 Å². The second-order valence-electron chi connectivity index (χ2n) is 14.3. The fourth-order valence-corrected chi connectivity index (χ4v) is 10.7. The monoisotopic (exact) mass is 500 g/mol. The highest BCUT2D eigenvalue weighted by molar-refractivity contribution is 5.69. The van der Waals surface area contributed by atoms with Crippen LogP contribution in [0.25, 0.3) is 0 Å². The Morgan fingerprint density at radius 2 is 1.72 bits per heavy atom. The number of esters is 1. The summed E-state index contributed by atoms with van der Waals surface area (Å²) in [6, 6.07) is 0.754. The third-order valence-electron chi connectivity index (χ3n) is 12.8. The molecule has 0 bridgehead atoms. The van der Waals surface area contributed by atoms with Gasteiger partial charge in [-0.05, 0) is 136 Å². The second kappa shape index (κ2) is 11.2. The zero-order chi connectivity index (χ0) is 25.3. The van der Waals surface area contributed by atoms with Crippen LogP contribution in [-0.2, 0) is 9.53 Å². The van der Waals surface area contributed by atoms with Gasteiger partial charge in [0.15, 0.2) is 0 Å². The van der Waals surface area contributed by atoms with E-state index in [2.05, 4.69) is 31.0 Å². The largest absolute Gasteiger partial charge is 0.469 e. The number of ether oxygens (including phenoxy) is 1. The number of rotatable bonds is 8. The number of hydrogen-bond acceptors (Lipinski definition) is 4. The van der Waals surface area contributed by atoms with Crippen LogP contribution in [-0.4, -0.2) is 50.2 Å². The summed E-state index contributed by atoms with van der Waals surface area (Å²) in [5, 5.41) is 4.00. The maximum Gasteiger partial charge on any atom is 0.305 e. The van der Waals surface area contributed by atoms with E-state index >= 15 is 0 Å². The molecule has 4 heteroatoms. The Balaban J connectivity index is 1.16. The van der Waals surface area contributed by atoms with Crippen LogP contribution < -0.4 is 5.32 Å². The van der Waals surface area contributed by atoms with Crippen LogP contribution in [0.5, 0.6) is 0 Å². The molecule has 4 aliphatic carbocycles. The predicted molar refractivity (Wildman–Crippen MR) is 148 cm³/mol. The molecule has 1 heterocycles. The summed E-state index contributed by atoms with van der Waals surface area (Å²) >= 11 is 0. The third-order valence-corrected chi connectivity index (χ3v) is 12.8. The van der Waals surface area contributed by atoms with Crippen LogP contribution in [0.15, 0.2) is 0 Å². The van der Waals surface area contributed by atoms with E-state index in [0.717, 1.165) is 42.1 Å². The molecule has 9 atom stereocenters. The smallest absolute Gasteiger partial charge is 0.305 e. The lowest BCUT2D eigenvalue weighted by Crippen LogP contribution is -2.55. The number of carbonyl (C=O) groups is 1. The normalized spacial score (nSPS) is 43.8. The van der Waals surface area contributed by atoms with Crippen LogP contribution in [0.2, 0.25) is 0 Å². The molecule has 0 aromatic carbocycles. The lowest BCUT2D eigenvalue weighted by molar-refractivity contribution is -0.141. The van der Waals surface area contributed by atoms with E-state index in [0.29, 0.717) is 23.2 Å². The Hall–Kier alpha value is -0.610. The molecule has 4 nitrogen and oxygen atoms in total. The molecule has 0 spiro atoms. The highest BCUT2D eigenvalue weighted by Crippen LogP contribution is 2.68. The van der Waals surface area contributed by atoms with Crippen molar-refractivity contribution < 1.29 is 9.53 Å². The first kappa shape index (κ1) is 27.0. The first-order valence-corrected chi connectivity index (χ1v) is 15.9. The fourth-order valence-electron chi connectivity index (χ4n) is 10.7. The maximum atomic E-state index is 11.8. The van der Waals surface area contributed by atoms with Crippen LogP contribution in [0.3, 0.4) is 0 Å². The summed E-state index contributed by atoms with van der Waals surface area (Å²) in [6.45, 7) is 12.9. The number of likely N-dealkylation sites (tertiary alicyclic amines) is 1. The van der Waals surface area contributed by atoms with E-state index in [9.17, 15) is 4.79 Å². The van der Waals surface area contributed by atoms with Gasteiger partial charge >= 0.3 is 5.97 Å². The van der Waals surface area contributed by atoms with Crippen molar-refractivity contribution >= 4 is 5.97 Å². The van der Waals surface area contributed by atoms with E-state index < -0.39 is 0 Å². The number of nitrogens with zero attached hydrogens (tertiary/aromatic N) is 1. The summed E-state index contributed by atoms with van der Waals surface area (Å²) in [4.78, 5) is 14.5. The van der Waals surface area contributed by atoms with Gasteiger partial charge in [-0.2, -0.15) is 0 Å². The molecule has 0 radical (unpaired) electrons. The van der Waals surface area contributed by atoms with Crippen LogP contribution in [0.4, 0.5) is 0 Å². The first-order valence-electron chi connectivity index (χ1n) is 15.9. The summed E-state index contributed by atoms with van der Waals surface area (Å²) in [7, 11) is 1.53. The van der Waals surface area contributed by atoms with Crippen molar-refractivity contribution in [2.45, 2.75) is 117 Å². The van der Waals surface area contributed by atoms with E-state index in [1.54, 1.807) is 0 Å². The summed E-state index contributed by atoms with van der Waals surface area (Å²) in [5.74, 6) is 5.14. The topological polar surface area (TPSA) is 41.6 Å². The van der Waals surface area contributed by atoms with Crippen molar-refractivity contribution in [3.63, 3.8) is 0 Å². The van der Waals surface area contributed by atoms with Crippen molar-refractivity contribution in [2.24, 2.45) is 46.3 Å². The Kier molecular flexibility index (Phi) is 8.43. The third kappa shape index (κ3) is 5.16. The fraction of sp³-hybridized carbons (Fsp3) is 0.969. The van der Waals surface area contributed by atoms with Gasteiger partial charge in [-0.1, -0.05) is 27.2 Å². The summed E-state index contributed by atoms with van der Waals surface area (Å²) < 4.78 is 4.94. The van der Waals surface area contributed by atoms with E-state index in [-0.39, 0.29) is 5.97 Å². The predicted octanol–water partition coefficient (Wildman–Crippen LogP) is 6.68. The number of carbonyl (C=O) groups excluding carboxylic acids is 1. The number of hydrogen-bond donors (Lipinski definition) is 1. The molecule has 5 aliphatic rings. The van der Waals surface area contributed by atoms with Gasteiger partial charge in [0.2, 0.25) is 0 Å². The van der Waals surface area contributed by atoms with Crippen molar-refractivity contribution in [3.8, 4) is 0 Å². The molecule has 1 N–H and O–H groups in total. The molecule has 4 saturated carbocycles. The van der Waals surface area contributed by atoms with E-state index in [1.807, 2.05) is 0 Å². The highest BCUT2D eigenvalue weighted by atomic mass is 16.5. The number of fused-ring (bicyclic) bond motifs is 5. The summed E-state index contributed by atoms with van der Waals surface area (Å²) in [6.07, 6.45) is 18.7. The molecule has 206 valence electrons. The highest BCUT2D eigenvalue weighted by Gasteiger charge is 2.60. The Morgan fingerprint density at radius 3 is 2.50 bits per heavy atom. The Labute approximate surface area is 222 Å². The quantitative estimate of drug-likeness (QED) is 0.378. The second-order valence-corrected chi connectivity index (χ2v) is 14.3. The molecule has 0 aromatic rings. The molecule has 1 saturated heterocycles. The average Bonchev–Trinajstić information content (AvgIpc) is 3.25. The molecule has 1 aliphatic heterocycles. The van der Waals surface area contributed by atoms with Crippen LogP contribution in [0.1, 0.15) is 111 Å². The van der Waals surface area contributed by atoms with Gasteiger partial charge in [0.25, 0.3) is 0 Å². The van der Waals surface area contributed by atoms with Crippen molar-refractivity contribution in [3.05, 3.63) is 0 Å². The molecular formula is C32H56N2O2. The maximum absolute atomic E-state index is 11.8. The van der Waals surface area contributed by atoms with Crippen molar-refractivity contribution in [1.29, 1.82) is 0 Å². The Bertz CT molecular complexity index is 750. The zero-order valence-corrected chi connectivity index (χ0v) is 24.0. The van der Waals surface area contributed by atoms with Crippen LogP contribution in [0, 0.1) is 46.3 Å². The van der Waals surface area contributed by atoms with E-state index in [4.69, 9.17) is 4.74 Å². The molecule has 36 heavy (non-hydrogen) atoms.